The highest BCUT2D eigenvalue weighted by Crippen LogP contribution is 2.07. The standard InChI is InChI=1S/C15H12IN3/c16-11-18-15(13-9-5-2-6-10-13)19-14(17)12-7-3-1-4-8-12/h1-11,17H. The molecule has 94 valence electrons. The Bertz CT molecular complexity index is 604. The Hall–Kier alpha value is -1.82. The quantitative estimate of drug-likeness (QED) is 0.479. The summed E-state index contributed by atoms with van der Waals surface area (Å²) < 4.78 is 1.65. The molecule has 0 amide bonds. The number of hydrogen-bond donors (Lipinski definition) is 1. The van der Waals surface area contributed by atoms with E-state index >= 15 is 0 Å². The van der Waals surface area contributed by atoms with E-state index in [1.807, 2.05) is 83.3 Å². The second-order valence-electron chi connectivity index (χ2n) is 3.74. The van der Waals surface area contributed by atoms with E-state index in [1.165, 1.54) is 0 Å². The molecule has 0 heterocycles. The summed E-state index contributed by atoms with van der Waals surface area (Å²) in [5.41, 5.74) is 1.68. The van der Waals surface area contributed by atoms with Crippen LogP contribution in [0.4, 0.5) is 0 Å². The van der Waals surface area contributed by atoms with Gasteiger partial charge in [-0.25, -0.2) is 9.98 Å². The molecule has 3 nitrogen and oxygen atoms in total. The molecule has 0 aromatic heterocycles. The molecule has 2 aromatic rings. The molecule has 0 aliphatic carbocycles. The van der Waals surface area contributed by atoms with Gasteiger partial charge in [-0.1, -0.05) is 60.7 Å². The van der Waals surface area contributed by atoms with Gasteiger partial charge in [-0.05, 0) is 22.6 Å². The molecule has 0 atom stereocenters. The average molecular weight is 361 g/mol. The van der Waals surface area contributed by atoms with Gasteiger partial charge in [-0.3, -0.25) is 5.41 Å². The van der Waals surface area contributed by atoms with E-state index in [1.54, 1.807) is 4.22 Å². The van der Waals surface area contributed by atoms with Crippen molar-refractivity contribution >= 4 is 38.5 Å². The number of rotatable bonds is 2. The van der Waals surface area contributed by atoms with Gasteiger partial charge in [0.15, 0.2) is 11.7 Å². The third-order valence-electron chi connectivity index (χ3n) is 2.47. The number of amidine groups is 2. The first kappa shape index (κ1) is 13.6. The number of nitrogens with zero attached hydrogens (tertiary/aromatic N) is 2. The lowest BCUT2D eigenvalue weighted by Crippen LogP contribution is -2.03. The normalized spacial score (nSPS) is 11.7. The maximum absolute atomic E-state index is 8.02. The van der Waals surface area contributed by atoms with Crippen molar-refractivity contribution in [3.05, 3.63) is 71.8 Å². The van der Waals surface area contributed by atoms with Gasteiger partial charge in [0.25, 0.3) is 0 Å². The summed E-state index contributed by atoms with van der Waals surface area (Å²) in [5.74, 6) is 0.755. The lowest BCUT2D eigenvalue weighted by Gasteiger charge is -2.02. The number of halogens is 1. The van der Waals surface area contributed by atoms with Crippen molar-refractivity contribution < 1.29 is 0 Å². The van der Waals surface area contributed by atoms with Crippen molar-refractivity contribution in [1.82, 2.24) is 0 Å². The van der Waals surface area contributed by atoms with Crippen LogP contribution in [0.2, 0.25) is 0 Å². The number of hydrogen-bond acceptors (Lipinski definition) is 1. The fourth-order valence-electron chi connectivity index (χ4n) is 1.57. The van der Waals surface area contributed by atoms with Crippen molar-refractivity contribution in [2.24, 2.45) is 9.98 Å². The molecule has 19 heavy (non-hydrogen) atoms. The lowest BCUT2D eigenvalue weighted by molar-refractivity contribution is 1.40. The van der Waals surface area contributed by atoms with E-state index < -0.39 is 0 Å². The van der Waals surface area contributed by atoms with Crippen LogP contribution in [-0.4, -0.2) is 15.9 Å². The lowest BCUT2D eigenvalue weighted by atomic mass is 10.2. The average Bonchev–Trinajstić information content (AvgIpc) is 2.48. The summed E-state index contributed by atoms with van der Waals surface area (Å²) in [5, 5.41) is 8.02. The Kier molecular flexibility index (Phi) is 4.97. The second kappa shape index (κ2) is 6.94. The van der Waals surface area contributed by atoms with Gasteiger partial charge in [-0.15, -0.1) is 0 Å². The summed E-state index contributed by atoms with van der Waals surface area (Å²) in [6, 6.07) is 19.1. The van der Waals surface area contributed by atoms with Gasteiger partial charge in [-0.2, -0.15) is 0 Å². The molecular formula is C15H12IN3. The molecule has 0 spiro atoms. The van der Waals surface area contributed by atoms with Crippen LogP contribution in [-0.2, 0) is 0 Å². The van der Waals surface area contributed by atoms with E-state index in [9.17, 15) is 0 Å². The Morgan fingerprint density at radius 1 is 0.895 bits per heavy atom. The largest absolute Gasteiger partial charge is 0.282 e. The van der Waals surface area contributed by atoms with Crippen LogP contribution in [0.3, 0.4) is 0 Å². The zero-order valence-corrected chi connectivity index (χ0v) is 12.3. The highest BCUT2D eigenvalue weighted by molar-refractivity contribution is 14.1. The minimum absolute atomic E-state index is 0.210. The van der Waals surface area contributed by atoms with Crippen LogP contribution >= 0.6 is 22.6 Å². The van der Waals surface area contributed by atoms with Crippen LogP contribution in [0.25, 0.3) is 0 Å². The van der Waals surface area contributed by atoms with Crippen molar-refractivity contribution in [1.29, 1.82) is 5.41 Å². The third kappa shape index (κ3) is 3.82. The highest BCUT2D eigenvalue weighted by Gasteiger charge is 2.04. The predicted octanol–water partition coefficient (Wildman–Crippen LogP) is 3.92. The summed E-state index contributed by atoms with van der Waals surface area (Å²) in [6.45, 7) is 0. The molecule has 0 unspecified atom stereocenters. The number of aliphatic imine (C=N–C) groups is 2. The second-order valence-corrected chi connectivity index (χ2v) is 4.30. The van der Waals surface area contributed by atoms with Gasteiger partial charge >= 0.3 is 0 Å². The number of benzene rings is 2. The summed E-state index contributed by atoms with van der Waals surface area (Å²) >= 11 is 2.05. The minimum atomic E-state index is 0.210. The minimum Gasteiger partial charge on any atom is -0.282 e. The molecule has 0 saturated carbocycles. The molecule has 2 aromatic carbocycles. The SMILES string of the molecule is N=C(N=C(N=CI)c1ccccc1)c1ccccc1. The van der Waals surface area contributed by atoms with E-state index in [4.69, 9.17) is 5.41 Å². The molecule has 0 saturated heterocycles. The summed E-state index contributed by atoms with van der Waals surface area (Å²) in [7, 11) is 0. The topological polar surface area (TPSA) is 48.6 Å². The van der Waals surface area contributed by atoms with Crippen molar-refractivity contribution in [3.8, 4) is 0 Å². The Morgan fingerprint density at radius 2 is 1.42 bits per heavy atom. The van der Waals surface area contributed by atoms with Crippen molar-refractivity contribution in [2.45, 2.75) is 0 Å². The van der Waals surface area contributed by atoms with E-state index in [0.717, 1.165) is 11.1 Å². The molecular weight excluding hydrogens is 349 g/mol. The monoisotopic (exact) mass is 361 g/mol. The van der Waals surface area contributed by atoms with Crippen molar-refractivity contribution in [3.63, 3.8) is 0 Å². The fraction of sp³-hybridized carbons (Fsp3) is 0. The van der Waals surface area contributed by atoms with Crippen LogP contribution in [0, 0.1) is 5.41 Å². The van der Waals surface area contributed by atoms with Gasteiger partial charge in [0.1, 0.15) is 0 Å². The molecule has 0 aliphatic heterocycles. The van der Waals surface area contributed by atoms with Gasteiger partial charge < -0.3 is 0 Å². The van der Waals surface area contributed by atoms with Crippen LogP contribution in [0.15, 0.2) is 70.6 Å². The zero-order valence-electron chi connectivity index (χ0n) is 10.1. The van der Waals surface area contributed by atoms with Crippen LogP contribution < -0.4 is 0 Å². The van der Waals surface area contributed by atoms with Gasteiger partial charge in [0.05, 0.1) is 4.22 Å². The molecule has 4 heteroatoms. The van der Waals surface area contributed by atoms with E-state index in [-0.39, 0.29) is 5.84 Å². The maximum Gasteiger partial charge on any atom is 0.162 e. The van der Waals surface area contributed by atoms with Crippen molar-refractivity contribution in [2.75, 3.05) is 0 Å². The first-order chi connectivity index (χ1) is 9.31. The first-order valence-electron chi connectivity index (χ1n) is 5.72. The Labute approximate surface area is 125 Å². The summed E-state index contributed by atoms with van der Waals surface area (Å²) in [6.07, 6.45) is 0. The fourth-order valence-corrected chi connectivity index (χ4v) is 1.83. The molecule has 0 aliphatic rings. The molecule has 0 fully saturated rings. The Morgan fingerprint density at radius 3 is 1.95 bits per heavy atom. The van der Waals surface area contributed by atoms with Gasteiger partial charge in [0, 0.05) is 11.1 Å². The molecule has 0 radical (unpaired) electrons. The van der Waals surface area contributed by atoms with Gasteiger partial charge in [0.2, 0.25) is 0 Å². The van der Waals surface area contributed by atoms with Crippen LogP contribution in [0.5, 0.6) is 0 Å². The molecule has 1 N–H and O–H groups in total. The zero-order chi connectivity index (χ0) is 13.5. The van der Waals surface area contributed by atoms with E-state index in [0.29, 0.717) is 5.84 Å². The first-order valence-corrected chi connectivity index (χ1v) is 6.96. The molecule has 0 bridgehead atoms. The third-order valence-corrected chi connectivity index (χ3v) is 2.75. The number of nitrogens with one attached hydrogen (secondary N) is 1. The molecule has 2 rings (SSSR count). The highest BCUT2D eigenvalue weighted by atomic mass is 127. The van der Waals surface area contributed by atoms with Crippen LogP contribution in [0.1, 0.15) is 11.1 Å². The Balaban J connectivity index is 2.35. The summed E-state index contributed by atoms with van der Waals surface area (Å²) in [4.78, 5) is 8.53. The smallest absolute Gasteiger partial charge is 0.162 e. The predicted molar refractivity (Wildman–Crippen MR) is 88.8 cm³/mol. The van der Waals surface area contributed by atoms with E-state index in [2.05, 4.69) is 9.98 Å². The maximum atomic E-state index is 8.02.